The zero-order valence-corrected chi connectivity index (χ0v) is 20.0. The van der Waals surface area contributed by atoms with Gasteiger partial charge in [0.25, 0.3) is 5.91 Å². The first kappa shape index (κ1) is 23.7. The number of anilines is 1. The van der Waals surface area contributed by atoms with Crippen molar-refractivity contribution in [1.82, 2.24) is 14.5 Å². The maximum atomic E-state index is 13.0. The van der Waals surface area contributed by atoms with Crippen LogP contribution in [-0.4, -0.2) is 60.6 Å². The van der Waals surface area contributed by atoms with Gasteiger partial charge >= 0.3 is 6.03 Å². The number of amides is 4. The van der Waals surface area contributed by atoms with Crippen LogP contribution in [0.15, 0.2) is 29.2 Å². The summed E-state index contributed by atoms with van der Waals surface area (Å²) in [5, 5.41) is 5.51. The van der Waals surface area contributed by atoms with Crippen molar-refractivity contribution in [3.8, 4) is 0 Å². The van der Waals surface area contributed by atoms with Crippen molar-refractivity contribution in [2.45, 2.75) is 62.8 Å². The summed E-state index contributed by atoms with van der Waals surface area (Å²) in [7, 11) is -3.59. The Morgan fingerprint density at radius 1 is 1.09 bits per heavy atom. The number of nitrogens with one attached hydrogen (secondary N) is 2. The Hall–Kier alpha value is -2.46. The standard InChI is InChI=1S/C23H32N4O5S/c1-16-13-17(2)15-26(14-16)33(31,32)19-7-5-18(6-8-19)24-20(28)9-12-27-21(29)23(25-22(27)30)10-3-4-11-23/h5-8,16-17H,3-4,9-15H2,1-2H3,(H,24,28)(H,25,30)/t16-,17-/m0/s1. The molecule has 1 aromatic rings. The first-order chi connectivity index (χ1) is 15.6. The summed E-state index contributed by atoms with van der Waals surface area (Å²) in [4.78, 5) is 38.6. The fraction of sp³-hybridized carbons (Fsp3) is 0.609. The lowest BCUT2D eigenvalue weighted by Crippen LogP contribution is -2.44. The highest BCUT2D eigenvalue weighted by Crippen LogP contribution is 2.35. The second kappa shape index (κ2) is 9.06. The molecule has 0 aromatic heterocycles. The van der Waals surface area contributed by atoms with Crippen LogP contribution in [-0.2, 0) is 19.6 Å². The second-order valence-corrected chi connectivity index (χ2v) is 11.7. The van der Waals surface area contributed by atoms with E-state index in [0.717, 1.165) is 24.2 Å². The molecular formula is C23H32N4O5S. The largest absolute Gasteiger partial charge is 0.326 e. The fourth-order valence-electron chi connectivity index (χ4n) is 5.29. The fourth-order valence-corrected chi connectivity index (χ4v) is 6.97. The van der Waals surface area contributed by atoms with Crippen LogP contribution in [0.5, 0.6) is 0 Å². The molecule has 0 unspecified atom stereocenters. The number of rotatable bonds is 6. The van der Waals surface area contributed by atoms with E-state index < -0.39 is 21.6 Å². The molecule has 1 spiro atoms. The van der Waals surface area contributed by atoms with Crippen LogP contribution >= 0.6 is 0 Å². The number of imide groups is 1. The third kappa shape index (κ3) is 4.77. The molecule has 33 heavy (non-hydrogen) atoms. The Bertz CT molecular complexity index is 1020. The lowest BCUT2D eigenvalue weighted by atomic mass is 9.94. The van der Waals surface area contributed by atoms with Crippen molar-refractivity contribution in [2.75, 3.05) is 25.0 Å². The van der Waals surface area contributed by atoms with E-state index in [1.54, 1.807) is 12.1 Å². The van der Waals surface area contributed by atoms with E-state index in [1.165, 1.54) is 16.4 Å². The number of sulfonamides is 1. The maximum Gasteiger partial charge on any atom is 0.325 e. The van der Waals surface area contributed by atoms with Crippen molar-refractivity contribution in [3.05, 3.63) is 24.3 Å². The average Bonchev–Trinajstić information content (AvgIpc) is 3.31. The Labute approximate surface area is 194 Å². The van der Waals surface area contributed by atoms with Gasteiger partial charge in [0.1, 0.15) is 5.54 Å². The quantitative estimate of drug-likeness (QED) is 0.612. The molecule has 3 fully saturated rings. The molecule has 2 N–H and O–H groups in total. The Balaban J connectivity index is 1.33. The summed E-state index contributed by atoms with van der Waals surface area (Å²) in [5.41, 5.74) is -0.317. The molecule has 2 heterocycles. The number of urea groups is 1. The van der Waals surface area contributed by atoms with Crippen LogP contribution in [0.25, 0.3) is 0 Å². The summed E-state index contributed by atoms with van der Waals surface area (Å²) in [6.07, 6.45) is 4.08. The predicted molar refractivity (Wildman–Crippen MR) is 123 cm³/mol. The van der Waals surface area contributed by atoms with E-state index in [4.69, 9.17) is 0 Å². The highest BCUT2D eigenvalue weighted by atomic mass is 32.2. The first-order valence-corrected chi connectivity index (χ1v) is 13.1. The van der Waals surface area contributed by atoms with E-state index in [2.05, 4.69) is 24.5 Å². The minimum absolute atomic E-state index is 0.00996. The second-order valence-electron chi connectivity index (χ2n) is 9.77. The van der Waals surface area contributed by atoms with Gasteiger partial charge < -0.3 is 10.6 Å². The van der Waals surface area contributed by atoms with Gasteiger partial charge in [0.15, 0.2) is 0 Å². The maximum absolute atomic E-state index is 13.0. The smallest absolute Gasteiger partial charge is 0.325 e. The van der Waals surface area contributed by atoms with Crippen LogP contribution in [0.2, 0.25) is 0 Å². The molecule has 0 bridgehead atoms. The van der Waals surface area contributed by atoms with E-state index in [0.29, 0.717) is 43.5 Å². The topological polar surface area (TPSA) is 116 Å². The zero-order valence-electron chi connectivity index (χ0n) is 19.2. The molecule has 4 amide bonds. The van der Waals surface area contributed by atoms with Crippen molar-refractivity contribution >= 4 is 33.6 Å². The summed E-state index contributed by atoms with van der Waals surface area (Å²) in [5.74, 6) is 0.0383. The number of carbonyl (C=O) groups is 3. The predicted octanol–water partition coefficient (Wildman–Crippen LogP) is 2.55. The summed E-state index contributed by atoms with van der Waals surface area (Å²) >= 11 is 0. The highest BCUT2D eigenvalue weighted by molar-refractivity contribution is 7.89. The van der Waals surface area contributed by atoms with Gasteiger partial charge in [0, 0.05) is 31.7 Å². The van der Waals surface area contributed by atoms with Gasteiger partial charge in [-0.2, -0.15) is 4.31 Å². The third-order valence-electron chi connectivity index (χ3n) is 6.88. The summed E-state index contributed by atoms with van der Waals surface area (Å²) in [6.45, 7) is 5.15. The van der Waals surface area contributed by atoms with E-state index in [9.17, 15) is 22.8 Å². The van der Waals surface area contributed by atoms with Crippen LogP contribution in [0, 0.1) is 11.8 Å². The lowest BCUT2D eigenvalue weighted by Gasteiger charge is -2.34. The number of hydrogen-bond donors (Lipinski definition) is 2. The molecule has 1 aliphatic carbocycles. The molecule has 2 aliphatic heterocycles. The van der Waals surface area contributed by atoms with Crippen LogP contribution in [0.4, 0.5) is 10.5 Å². The van der Waals surface area contributed by atoms with E-state index >= 15 is 0 Å². The molecule has 10 heteroatoms. The SMILES string of the molecule is C[C@H]1C[C@H](C)CN(S(=O)(=O)c2ccc(NC(=O)CCN3C(=O)NC4(CCCC4)C3=O)cc2)C1. The molecule has 9 nitrogen and oxygen atoms in total. The number of carbonyl (C=O) groups excluding carboxylic acids is 3. The van der Waals surface area contributed by atoms with Gasteiger partial charge in [0.2, 0.25) is 15.9 Å². The number of benzene rings is 1. The van der Waals surface area contributed by atoms with Gasteiger partial charge in [-0.05, 0) is 55.4 Å². The Morgan fingerprint density at radius 3 is 2.30 bits per heavy atom. The Kier molecular flexibility index (Phi) is 6.50. The first-order valence-electron chi connectivity index (χ1n) is 11.6. The molecule has 180 valence electrons. The number of piperidine rings is 1. The van der Waals surface area contributed by atoms with E-state index in [-0.39, 0.29) is 29.7 Å². The molecule has 1 saturated carbocycles. The van der Waals surface area contributed by atoms with Crippen LogP contribution < -0.4 is 10.6 Å². The minimum atomic E-state index is -3.59. The number of hydrogen-bond acceptors (Lipinski definition) is 5. The molecule has 2 saturated heterocycles. The summed E-state index contributed by atoms with van der Waals surface area (Å²) in [6, 6.07) is 5.67. The van der Waals surface area contributed by atoms with Crippen molar-refractivity contribution in [2.24, 2.45) is 11.8 Å². The van der Waals surface area contributed by atoms with Crippen molar-refractivity contribution < 1.29 is 22.8 Å². The monoisotopic (exact) mass is 476 g/mol. The lowest BCUT2D eigenvalue weighted by molar-refractivity contribution is -0.131. The summed E-state index contributed by atoms with van der Waals surface area (Å²) < 4.78 is 27.5. The molecule has 0 radical (unpaired) electrons. The van der Waals surface area contributed by atoms with Crippen LogP contribution in [0.1, 0.15) is 52.4 Å². The van der Waals surface area contributed by atoms with E-state index in [1.807, 2.05) is 0 Å². The molecule has 1 aromatic carbocycles. The number of nitrogens with zero attached hydrogens (tertiary/aromatic N) is 2. The van der Waals surface area contributed by atoms with Gasteiger partial charge in [0.05, 0.1) is 4.90 Å². The molecular weight excluding hydrogens is 444 g/mol. The molecule has 4 rings (SSSR count). The average molecular weight is 477 g/mol. The molecule has 2 atom stereocenters. The zero-order chi connectivity index (χ0) is 23.8. The third-order valence-corrected chi connectivity index (χ3v) is 8.72. The van der Waals surface area contributed by atoms with Gasteiger partial charge in [-0.1, -0.05) is 26.7 Å². The highest BCUT2D eigenvalue weighted by Gasteiger charge is 2.52. The molecule has 3 aliphatic rings. The van der Waals surface area contributed by atoms with Gasteiger partial charge in [-0.15, -0.1) is 0 Å². The van der Waals surface area contributed by atoms with Crippen molar-refractivity contribution in [1.29, 1.82) is 0 Å². The van der Waals surface area contributed by atoms with Gasteiger partial charge in [-0.25, -0.2) is 13.2 Å². The van der Waals surface area contributed by atoms with Crippen molar-refractivity contribution in [3.63, 3.8) is 0 Å². The Morgan fingerprint density at radius 2 is 1.70 bits per heavy atom. The van der Waals surface area contributed by atoms with Crippen LogP contribution in [0.3, 0.4) is 0 Å². The normalized spacial score (nSPS) is 25.5. The minimum Gasteiger partial charge on any atom is -0.326 e. The van der Waals surface area contributed by atoms with Gasteiger partial charge in [-0.3, -0.25) is 14.5 Å².